The predicted molar refractivity (Wildman–Crippen MR) is 78.0 cm³/mol. The van der Waals surface area contributed by atoms with E-state index in [2.05, 4.69) is 11.0 Å². The molecule has 1 aromatic carbocycles. The highest BCUT2D eigenvalue weighted by atomic mass is 32.2. The molecule has 5 nitrogen and oxygen atoms in total. The fourth-order valence-electron chi connectivity index (χ4n) is 2.20. The zero-order valence-electron chi connectivity index (χ0n) is 11.7. The van der Waals surface area contributed by atoms with E-state index in [1.807, 2.05) is 6.07 Å². The molecule has 0 saturated heterocycles. The normalized spacial score (nSPS) is 14.6. The minimum atomic E-state index is -3.35. The van der Waals surface area contributed by atoms with E-state index < -0.39 is 9.84 Å². The second kappa shape index (κ2) is 6.71. The molecule has 0 aliphatic heterocycles. The van der Waals surface area contributed by atoms with E-state index in [4.69, 9.17) is 10.5 Å². The average molecular weight is 303 g/mol. The van der Waals surface area contributed by atoms with E-state index in [0.717, 1.165) is 12.8 Å². The molecule has 0 aromatic heterocycles. The van der Waals surface area contributed by atoms with Crippen LogP contribution in [0.4, 0.5) is 0 Å². The first-order valence-corrected chi connectivity index (χ1v) is 8.56. The standard InChI is InChI=1S/C15H17N3O2S/c16-8-1-9-18(14-4-5-14)10-11-21(19,20)15-6-2-13(12-17)3-7-15/h2-3,6-7,14H,1,4-5,9-11H2. The van der Waals surface area contributed by atoms with E-state index in [1.54, 1.807) is 0 Å². The van der Waals surface area contributed by atoms with Gasteiger partial charge >= 0.3 is 0 Å². The minimum Gasteiger partial charge on any atom is -0.298 e. The van der Waals surface area contributed by atoms with Gasteiger partial charge in [-0.3, -0.25) is 4.90 Å². The van der Waals surface area contributed by atoms with Gasteiger partial charge in [-0.1, -0.05) is 0 Å². The van der Waals surface area contributed by atoms with Gasteiger partial charge in [0.15, 0.2) is 9.84 Å². The maximum Gasteiger partial charge on any atom is 0.179 e. The summed E-state index contributed by atoms with van der Waals surface area (Å²) in [7, 11) is -3.35. The molecule has 0 unspecified atom stereocenters. The van der Waals surface area contributed by atoms with Crippen LogP contribution >= 0.6 is 0 Å². The first-order valence-electron chi connectivity index (χ1n) is 6.91. The lowest BCUT2D eigenvalue weighted by Crippen LogP contribution is -2.32. The lowest BCUT2D eigenvalue weighted by Gasteiger charge is -2.20. The van der Waals surface area contributed by atoms with Crippen molar-refractivity contribution in [1.29, 1.82) is 10.5 Å². The number of nitrogens with zero attached hydrogens (tertiary/aromatic N) is 3. The average Bonchev–Trinajstić information content (AvgIpc) is 3.32. The van der Waals surface area contributed by atoms with Crippen molar-refractivity contribution in [2.24, 2.45) is 0 Å². The van der Waals surface area contributed by atoms with Crippen molar-refractivity contribution in [1.82, 2.24) is 4.90 Å². The van der Waals surface area contributed by atoms with E-state index in [0.29, 0.717) is 31.1 Å². The Bertz CT molecular complexity index is 664. The van der Waals surface area contributed by atoms with Crippen molar-refractivity contribution >= 4 is 9.84 Å². The molecule has 1 aliphatic carbocycles. The van der Waals surface area contributed by atoms with Crippen LogP contribution in [0.25, 0.3) is 0 Å². The number of hydrogen-bond donors (Lipinski definition) is 0. The fourth-order valence-corrected chi connectivity index (χ4v) is 3.46. The molecule has 0 heterocycles. The second-order valence-electron chi connectivity index (χ2n) is 5.13. The first-order chi connectivity index (χ1) is 10.1. The zero-order chi connectivity index (χ0) is 15.3. The van der Waals surface area contributed by atoms with Crippen LogP contribution < -0.4 is 0 Å². The van der Waals surface area contributed by atoms with Crippen molar-refractivity contribution in [3.8, 4) is 12.1 Å². The second-order valence-corrected chi connectivity index (χ2v) is 7.24. The molecule has 6 heteroatoms. The Morgan fingerprint density at radius 2 is 1.81 bits per heavy atom. The Kier molecular flexibility index (Phi) is 4.95. The van der Waals surface area contributed by atoms with Crippen molar-refractivity contribution in [3.05, 3.63) is 29.8 Å². The topological polar surface area (TPSA) is 85.0 Å². The Morgan fingerprint density at radius 1 is 1.14 bits per heavy atom. The molecule has 1 aromatic rings. The molecule has 0 N–H and O–H groups in total. The van der Waals surface area contributed by atoms with Crippen LogP contribution in [0.15, 0.2) is 29.2 Å². The molecule has 1 aliphatic rings. The molecule has 0 spiro atoms. The van der Waals surface area contributed by atoms with E-state index in [9.17, 15) is 8.42 Å². The summed E-state index contributed by atoms with van der Waals surface area (Å²) in [5.74, 6) is 0.0425. The van der Waals surface area contributed by atoms with Crippen LogP contribution in [0.1, 0.15) is 24.8 Å². The van der Waals surface area contributed by atoms with Gasteiger partial charge in [0, 0.05) is 25.6 Å². The molecule has 21 heavy (non-hydrogen) atoms. The highest BCUT2D eigenvalue weighted by molar-refractivity contribution is 7.91. The third-order valence-electron chi connectivity index (χ3n) is 3.56. The Balaban J connectivity index is 1.99. The van der Waals surface area contributed by atoms with E-state index >= 15 is 0 Å². The molecule has 0 radical (unpaired) electrons. The van der Waals surface area contributed by atoms with Gasteiger partial charge in [0.05, 0.1) is 28.4 Å². The fraction of sp³-hybridized carbons (Fsp3) is 0.467. The number of rotatable bonds is 7. The highest BCUT2D eigenvalue weighted by Crippen LogP contribution is 2.27. The quantitative estimate of drug-likeness (QED) is 0.765. The minimum absolute atomic E-state index is 0.0425. The zero-order valence-corrected chi connectivity index (χ0v) is 12.5. The van der Waals surface area contributed by atoms with Gasteiger partial charge in [-0.05, 0) is 37.1 Å². The molecule has 0 amide bonds. The third kappa shape index (κ3) is 4.29. The third-order valence-corrected chi connectivity index (χ3v) is 5.27. The molecular weight excluding hydrogens is 286 g/mol. The van der Waals surface area contributed by atoms with Crippen LogP contribution in [0.5, 0.6) is 0 Å². The van der Waals surface area contributed by atoms with Gasteiger partial charge in [0.2, 0.25) is 0 Å². The van der Waals surface area contributed by atoms with Crippen molar-refractivity contribution in [2.75, 3.05) is 18.8 Å². The molecule has 110 valence electrons. The SMILES string of the molecule is N#CCCN(CCS(=O)(=O)c1ccc(C#N)cc1)C1CC1. The van der Waals surface area contributed by atoms with Crippen molar-refractivity contribution in [2.45, 2.75) is 30.2 Å². The monoisotopic (exact) mass is 303 g/mol. The summed E-state index contributed by atoms with van der Waals surface area (Å²) in [5.41, 5.74) is 0.447. The summed E-state index contributed by atoms with van der Waals surface area (Å²) in [6.07, 6.45) is 2.60. The van der Waals surface area contributed by atoms with Crippen LogP contribution in [0.3, 0.4) is 0 Å². The van der Waals surface area contributed by atoms with Crippen LogP contribution in [0, 0.1) is 22.7 Å². The number of hydrogen-bond acceptors (Lipinski definition) is 5. The summed E-state index contributed by atoms with van der Waals surface area (Å²) in [6, 6.07) is 10.5. The number of benzene rings is 1. The summed E-state index contributed by atoms with van der Waals surface area (Å²) in [6.45, 7) is 1.08. The Labute approximate surface area is 125 Å². The molecule has 0 atom stereocenters. The largest absolute Gasteiger partial charge is 0.298 e. The predicted octanol–water partition coefficient (Wildman–Crippen LogP) is 1.71. The maximum absolute atomic E-state index is 12.3. The van der Waals surface area contributed by atoms with Gasteiger partial charge in [-0.25, -0.2) is 8.42 Å². The van der Waals surface area contributed by atoms with Crippen LogP contribution in [-0.2, 0) is 9.84 Å². The molecule has 0 bridgehead atoms. The van der Waals surface area contributed by atoms with Gasteiger partial charge < -0.3 is 0 Å². The first kappa shape index (κ1) is 15.5. The van der Waals surface area contributed by atoms with E-state index in [-0.39, 0.29) is 10.6 Å². The van der Waals surface area contributed by atoms with Gasteiger partial charge in [0.1, 0.15) is 0 Å². The molecule has 2 rings (SSSR count). The lowest BCUT2D eigenvalue weighted by atomic mass is 10.2. The summed E-state index contributed by atoms with van der Waals surface area (Å²) in [4.78, 5) is 2.34. The number of sulfone groups is 1. The molecule has 1 fully saturated rings. The summed E-state index contributed by atoms with van der Waals surface area (Å²) in [5, 5.41) is 17.4. The van der Waals surface area contributed by atoms with Gasteiger partial charge in [0.25, 0.3) is 0 Å². The highest BCUT2D eigenvalue weighted by Gasteiger charge is 2.29. The smallest absolute Gasteiger partial charge is 0.179 e. The molecule has 1 saturated carbocycles. The van der Waals surface area contributed by atoms with Crippen LogP contribution in [0.2, 0.25) is 0 Å². The van der Waals surface area contributed by atoms with Gasteiger partial charge in [-0.15, -0.1) is 0 Å². The lowest BCUT2D eigenvalue weighted by molar-refractivity contribution is 0.285. The Morgan fingerprint density at radius 3 is 2.33 bits per heavy atom. The van der Waals surface area contributed by atoms with Gasteiger partial charge in [-0.2, -0.15) is 10.5 Å². The van der Waals surface area contributed by atoms with Crippen LogP contribution in [-0.4, -0.2) is 38.2 Å². The van der Waals surface area contributed by atoms with Crippen molar-refractivity contribution < 1.29 is 8.42 Å². The Hall–Kier alpha value is -1.89. The van der Waals surface area contributed by atoms with Crippen molar-refractivity contribution in [3.63, 3.8) is 0 Å². The summed E-state index contributed by atoms with van der Waals surface area (Å²) < 4.78 is 24.6. The van der Waals surface area contributed by atoms with E-state index in [1.165, 1.54) is 24.3 Å². The summed E-state index contributed by atoms with van der Waals surface area (Å²) >= 11 is 0. The number of nitriles is 2. The molecular formula is C15H17N3O2S. The maximum atomic E-state index is 12.3.